The summed E-state index contributed by atoms with van der Waals surface area (Å²) in [4.78, 5) is 20.0. The smallest absolute Gasteiger partial charge is 0.269 e. The van der Waals surface area contributed by atoms with E-state index < -0.39 is 5.95 Å². The maximum absolute atomic E-state index is 14.4. The number of nitrogens with one attached hydrogen (secondary N) is 1. The molecule has 1 N–H and O–H groups in total. The van der Waals surface area contributed by atoms with E-state index in [1.165, 1.54) is 26.3 Å². The van der Waals surface area contributed by atoms with Gasteiger partial charge in [0.15, 0.2) is 0 Å². The molecule has 0 aromatic carbocycles. The lowest BCUT2D eigenvalue weighted by Crippen LogP contribution is -2.50. The monoisotopic (exact) mass is 362 g/mol. The second-order valence-electron chi connectivity index (χ2n) is 8.64. The summed E-state index contributed by atoms with van der Waals surface area (Å²) in [6.07, 6.45) is 3.87. The minimum absolute atomic E-state index is 0.117. The largest absolute Gasteiger partial charge is 0.365 e. The quantitative estimate of drug-likeness (QED) is 0.840. The fourth-order valence-corrected chi connectivity index (χ4v) is 4.32. The van der Waals surface area contributed by atoms with E-state index in [0.717, 1.165) is 32.1 Å². The molecule has 0 radical (unpaired) electrons. The normalized spacial score (nSPS) is 24.7. The molecule has 6 heteroatoms. The molecule has 2 heterocycles. The van der Waals surface area contributed by atoms with E-state index in [2.05, 4.69) is 36.0 Å². The predicted molar refractivity (Wildman–Crippen MR) is 102 cm³/mol. The van der Waals surface area contributed by atoms with Gasteiger partial charge in [-0.3, -0.25) is 9.69 Å². The van der Waals surface area contributed by atoms with Crippen molar-refractivity contribution in [3.63, 3.8) is 0 Å². The molecule has 2 unspecified atom stereocenters. The number of carbonyl (C=O) groups excluding carboxylic acids is 1. The van der Waals surface area contributed by atoms with E-state index in [9.17, 15) is 9.18 Å². The van der Waals surface area contributed by atoms with Crippen LogP contribution >= 0.6 is 0 Å². The second-order valence-corrected chi connectivity index (χ2v) is 8.64. The number of hydrogen-bond acceptors (Lipinski definition) is 4. The minimum Gasteiger partial charge on any atom is -0.365 e. The first-order valence-corrected chi connectivity index (χ1v) is 9.67. The van der Waals surface area contributed by atoms with Crippen molar-refractivity contribution >= 4 is 11.6 Å². The van der Waals surface area contributed by atoms with Gasteiger partial charge in [-0.1, -0.05) is 20.8 Å². The van der Waals surface area contributed by atoms with Crippen LogP contribution in [0.5, 0.6) is 0 Å². The fourth-order valence-electron chi connectivity index (χ4n) is 4.32. The van der Waals surface area contributed by atoms with Crippen molar-refractivity contribution in [2.45, 2.75) is 46.1 Å². The average Bonchev–Trinajstić information content (AvgIpc) is 3.11. The highest BCUT2D eigenvalue weighted by molar-refractivity contribution is 5.92. The Morgan fingerprint density at radius 2 is 1.88 bits per heavy atom. The molecule has 3 rings (SSSR count). The number of halogens is 1. The minimum atomic E-state index is -0.562. The van der Waals surface area contributed by atoms with Gasteiger partial charge in [-0.25, -0.2) is 4.98 Å². The Kier molecular flexibility index (Phi) is 5.51. The third kappa shape index (κ3) is 4.00. The van der Waals surface area contributed by atoms with Crippen molar-refractivity contribution in [3.8, 4) is 0 Å². The van der Waals surface area contributed by atoms with Gasteiger partial charge in [0.2, 0.25) is 5.95 Å². The van der Waals surface area contributed by atoms with E-state index in [1.54, 1.807) is 12.1 Å². The lowest BCUT2D eigenvalue weighted by atomic mass is 9.79. The first-order valence-electron chi connectivity index (χ1n) is 9.67. The molecule has 0 bridgehead atoms. The van der Waals surface area contributed by atoms with Crippen molar-refractivity contribution in [2.75, 3.05) is 38.1 Å². The van der Waals surface area contributed by atoms with Gasteiger partial charge in [-0.2, -0.15) is 4.39 Å². The summed E-state index contributed by atoms with van der Waals surface area (Å²) in [7, 11) is 1.52. The first-order chi connectivity index (χ1) is 12.3. The molecule has 144 valence electrons. The summed E-state index contributed by atoms with van der Waals surface area (Å²) in [5, 5.41) is 2.47. The Bertz CT molecular complexity index is 650. The SMILES string of the molecule is CNC(=O)c1ccc(N2CCN(C3CCC(C(C)(C)C)C3)CC2)c(F)n1. The van der Waals surface area contributed by atoms with E-state index >= 15 is 0 Å². The number of anilines is 1. The highest BCUT2D eigenvalue weighted by atomic mass is 19.1. The van der Waals surface area contributed by atoms with E-state index in [-0.39, 0.29) is 11.6 Å². The summed E-state index contributed by atoms with van der Waals surface area (Å²) in [5.41, 5.74) is 1.00. The molecule has 1 aliphatic heterocycles. The first kappa shape index (κ1) is 19.1. The third-order valence-corrected chi connectivity index (χ3v) is 6.09. The van der Waals surface area contributed by atoms with Gasteiger partial charge in [0, 0.05) is 39.3 Å². The van der Waals surface area contributed by atoms with Crippen LogP contribution in [0.15, 0.2) is 12.1 Å². The molecule has 1 saturated carbocycles. The Labute approximate surface area is 156 Å². The Morgan fingerprint density at radius 3 is 2.42 bits per heavy atom. The molecule has 5 nitrogen and oxygen atoms in total. The summed E-state index contributed by atoms with van der Waals surface area (Å²) in [6.45, 7) is 10.5. The number of nitrogens with zero attached hydrogens (tertiary/aromatic N) is 3. The number of piperazine rings is 1. The van der Waals surface area contributed by atoms with Crippen LogP contribution in [-0.4, -0.2) is 55.1 Å². The van der Waals surface area contributed by atoms with Crippen molar-refractivity contribution in [3.05, 3.63) is 23.8 Å². The summed E-state index contributed by atoms with van der Waals surface area (Å²) in [5.74, 6) is -0.132. The molecule has 1 aromatic heterocycles. The molecule has 26 heavy (non-hydrogen) atoms. The molecule has 1 aliphatic carbocycles. The number of carbonyl (C=O) groups is 1. The third-order valence-electron chi connectivity index (χ3n) is 6.09. The van der Waals surface area contributed by atoms with Crippen LogP contribution in [0.4, 0.5) is 10.1 Å². The van der Waals surface area contributed by atoms with Gasteiger partial charge in [0.05, 0.1) is 5.69 Å². The molecule has 1 saturated heterocycles. The van der Waals surface area contributed by atoms with E-state index in [0.29, 0.717) is 17.1 Å². The van der Waals surface area contributed by atoms with Crippen LogP contribution in [0.25, 0.3) is 0 Å². The van der Waals surface area contributed by atoms with Crippen molar-refractivity contribution in [1.82, 2.24) is 15.2 Å². The lowest BCUT2D eigenvalue weighted by molar-refractivity contribution is 0.0957. The zero-order valence-corrected chi connectivity index (χ0v) is 16.4. The zero-order valence-electron chi connectivity index (χ0n) is 16.4. The van der Waals surface area contributed by atoms with Crippen LogP contribution in [-0.2, 0) is 0 Å². The molecule has 1 aromatic rings. The maximum atomic E-state index is 14.4. The number of amides is 1. The van der Waals surface area contributed by atoms with E-state index in [1.807, 2.05) is 4.90 Å². The van der Waals surface area contributed by atoms with Crippen LogP contribution in [0, 0.1) is 17.3 Å². The van der Waals surface area contributed by atoms with Gasteiger partial charge in [0.1, 0.15) is 5.69 Å². The highest BCUT2D eigenvalue weighted by Gasteiger charge is 2.36. The molecule has 2 atom stereocenters. The molecule has 2 aliphatic rings. The molecule has 2 fully saturated rings. The van der Waals surface area contributed by atoms with Crippen LogP contribution in [0.2, 0.25) is 0 Å². The zero-order chi connectivity index (χ0) is 18.9. The second kappa shape index (κ2) is 7.51. The average molecular weight is 362 g/mol. The number of pyridine rings is 1. The number of rotatable bonds is 3. The Balaban J connectivity index is 1.58. The lowest BCUT2D eigenvalue weighted by Gasteiger charge is -2.39. The maximum Gasteiger partial charge on any atom is 0.269 e. The van der Waals surface area contributed by atoms with Gasteiger partial charge in [-0.05, 0) is 42.7 Å². The van der Waals surface area contributed by atoms with Crippen LogP contribution in [0.1, 0.15) is 50.5 Å². The van der Waals surface area contributed by atoms with Gasteiger partial charge < -0.3 is 10.2 Å². The molecule has 0 spiro atoms. The Morgan fingerprint density at radius 1 is 1.19 bits per heavy atom. The van der Waals surface area contributed by atoms with Crippen molar-refractivity contribution < 1.29 is 9.18 Å². The van der Waals surface area contributed by atoms with Crippen LogP contribution in [0.3, 0.4) is 0 Å². The van der Waals surface area contributed by atoms with Crippen LogP contribution < -0.4 is 10.2 Å². The number of aromatic nitrogens is 1. The molecular weight excluding hydrogens is 331 g/mol. The topological polar surface area (TPSA) is 48.5 Å². The van der Waals surface area contributed by atoms with Gasteiger partial charge >= 0.3 is 0 Å². The molecule has 1 amide bonds. The van der Waals surface area contributed by atoms with E-state index in [4.69, 9.17) is 0 Å². The van der Waals surface area contributed by atoms with Gasteiger partial charge in [0.25, 0.3) is 5.91 Å². The van der Waals surface area contributed by atoms with Crippen molar-refractivity contribution in [1.29, 1.82) is 0 Å². The summed E-state index contributed by atoms with van der Waals surface area (Å²) in [6, 6.07) is 3.93. The number of hydrogen-bond donors (Lipinski definition) is 1. The van der Waals surface area contributed by atoms with Gasteiger partial charge in [-0.15, -0.1) is 0 Å². The summed E-state index contributed by atoms with van der Waals surface area (Å²) < 4.78 is 14.4. The predicted octanol–water partition coefficient (Wildman–Crippen LogP) is 2.92. The van der Waals surface area contributed by atoms with Crippen molar-refractivity contribution in [2.24, 2.45) is 11.3 Å². The Hall–Kier alpha value is -1.69. The fraction of sp³-hybridized carbons (Fsp3) is 0.700. The summed E-state index contributed by atoms with van der Waals surface area (Å²) >= 11 is 0. The highest BCUT2D eigenvalue weighted by Crippen LogP contribution is 2.41. The standard InChI is InChI=1S/C20H31FN4O/c1-20(2,3)14-5-6-15(13-14)24-9-11-25(12-10-24)17-8-7-16(19(26)22-4)23-18(17)21/h7-8,14-15H,5-6,9-13H2,1-4H3,(H,22,26). The molecular formula is C20H31FN4O.